The number of rotatable bonds is 6. The molecule has 0 spiro atoms. The smallest absolute Gasteiger partial charge is 0.227 e. The number of benzene rings is 2. The first-order chi connectivity index (χ1) is 15.5. The van der Waals surface area contributed by atoms with E-state index >= 15 is 0 Å². The first kappa shape index (κ1) is 21.6. The molecular weight excluding hydrogens is 414 g/mol. The van der Waals surface area contributed by atoms with Crippen LogP contribution in [0.2, 0.25) is 0 Å². The molecule has 1 amide bonds. The van der Waals surface area contributed by atoms with Crippen LogP contribution in [0.5, 0.6) is 0 Å². The minimum absolute atomic E-state index is 0.0707. The highest BCUT2D eigenvalue weighted by Gasteiger charge is 2.22. The van der Waals surface area contributed by atoms with E-state index in [4.69, 9.17) is 5.26 Å². The molecule has 1 aliphatic rings. The van der Waals surface area contributed by atoms with Crippen LogP contribution < -0.4 is 0 Å². The van der Waals surface area contributed by atoms with Gasteiger partial charge in [-0.05, 0) is 35.7 Å². The van der Waals surface area contributed by atoms with Crippen LogP contribution in [-0.2, 0) is 17.6 Å². The van der Waals surface area contributed by atoms with Crippen LogP contribution in [0.25, 0.3) is 5.69 Å². The highest BCUT2D eigenvalue weighted by molar-refractivity contribution is 5.79. The van der Waals surface area contributed by atoms with Crippen LogP contribution in [-0.4, -0.2) is 63.2 Å². The maximum absolute atomic E-state index is 14.2. The Hall–Kier alpha value is -3.64. The number of halogens is 2. The quantitative estimate of drug-likeness (QED) is 0.593. The summed E-state index contributed by atoms with van der Waals surface area (Å²) < 4.78 is 29.4. The Morgan fingerprint density at radius 2 is 1.81 bits per heavy atom. The Bertz CT molecular complexity index is 1120. The summed E-state index contributed by atoms with van der Waals surface area (Å²) in [5, 5.41) is 13.0. The number of hydrogen-bond donors (Lipinski definition) is 0. The second-order valence-electron chi connectivity index (χ2n) is 7.66. The fourth-order valence-electron chi connectivity index (χ4n) is 3.79. The topological polar surface area (TPSA) is 78.0 Å². The molecule has 0 saturated carbocycles. The number of nitriles is 1. The van der Waals surface area contributed by atoms with E-state index in [1.54, 1.807) is 17.1 Å². The van der Waals surface area contributed by atoms with Gasteiger partial charge in [-0.3, -0.25) is 9.69 Å². The van der Waals surface area contributed by atoms with Crippen molar-refractivity contribution in [2.24, 2.45) is 0 Å². The molecule has 1 aromatic heterocycles. The Kier molecular flexibility index (Phi) is 6.52. The molecule has 9 heteroatoms. The molecule has 0 atom stereocenters. The van der Waals surface area contributed by atoms with Crippen molar-refractivity contribution in [1.82, 2.24) is 24.6 Å². The first-order valence-corrected chi connectivity index (χ1v) is 10.4. The van der Waals surface area contributed by atoms with E-state index in [1.807, 2.05) is 29.2 Å². The van der Waals surface area contributed by atoms with E-state index in [1.165, 1.54) is 12.4 Å². The van der Waals surface area contributed by atoms with Gasteiger partial charge in [-0.15, -0.1) is 0 Å². The van der Waals surface area contributed by atoms with Crippen LogP contribution in [0.3, 0.4) is 0 Å². The van der Waals surface area contributed by atoms with Crippen LogP contribution in [0.15, 0.2) is 49.1 Å². The second kappa shape index (κ2) is 9.66. The van der Waals surface area contributed by atoms with Crippen molar-refractivity contribution in [3.8, 4) is 11.8 Å². The third-order valence-corrected chi connectivity index (χ3v) is 5.68. The lowest BCUT2D eigenvalue weighted by molar-refractivity contribution is -0.132. The largest absolute Gasteiger partial charge is 0.340 e. The third-order valence-electron chi connectivity index (χ3n) is 5.68. The standard InChI is InChI=1S/C23H22F2N6O/c24-21-6-3-18(23(25)20(21)14-26)7-8-29-9-11-30(12-10-29)22(32)13-17-1-4-19(5-2-17)31-16-27-15-28-31/h1-6,15-16H,7-13H2. The Balaban J connectivity index is 1.26. The lowest BCUT2D eigenvalue weighted by Crippen LogP contribution is -2.49. The molecule has 32 heavy (non-hydrogen) atoms. The van der Waals surface area contributed by atoms with Gasteiger partial charge in [-0.1, -0.05) is 18.2 Å². The van der Waals surface area contributed by atoms with Crippen LogP contribution in [0.1, 0.15) is 16.7 Å². The van der Waals surface area contributed by atoms with Gasteiger partial charge in [0.25, 0.3) is 0 Å². The van der Waals surface area contributed by atoms with Gasteiger partial charge in [0.15, 0.2) is 0 Å². The normalized spacial score (nSPS) is 14.3. The summed E-state index contributed by atoms with van der Waals surface area (Å²) >= 11 is 0. The maximum atomic E-state index is 14.2. The number of piperazine rings is 1. The van der Waals surface area contributed by atoms with E-state index in [-0.39, 0.29) is 5.91 Å². The zero-order valence-corrected chi connectivity index (χ0v) is 17.4. The Morgan fingerprint density at radius 3 is 2.47 bits per heavy atom. The summed E-state index contributed by atoms with van der Waals surface area (Å²) in [5.41, 5.74) is 1.61. The molecule has 2 heterocycles. The van der Waals surface area contributed by atoms with Gasteiger partial charge in [0.1, 0.15) is 35.9 Å². The number of amides is 1. The molecule has 7 nitrogen and oxygen atoms in total. The summed E-state index contributed by atoms with van der Waals surface area (Å²) in [5.74, 6) is -1.55. The average Bonchev–Trinajstić information content (AvgIpc) is 3.35. The predicted molar refractivity (Wildman–Crippen MR) is 113 cm³/mol. The van der Waals surface area contributed by atoms with Gasteiger partial charge in [0.05, 0.1) is 12.1 Å². The van der Waals surface area contributed by atoms with E-state index in [2.05, 4.69) is 15.0 Å². The highest BCUT2D eigenvalue weighted by atomic mass is 19.1. The van der Waals surface area contributed by atoms with Crippen LogP contribution in [0.4, 0.5) is 8.78 Å². The number of nitrogens with zero attached hydrogens (tertiary/aromatic N) is 6. The van der Waals surface area contributed by atoms with Gasteiger partial charge in [-0.2, -0.15) is 10.4 Å². The zero-order valence-electron chi connectivity index (χ0n) is 17.4. The number of carbonyl (C=O) groups is 1. The summed E-state index contributed by atoms with van der Waals surface area (Å²) in [7, 11) is 0. The fourth-order valence-corrected chi connectivity index (χ4v) is 3.79. The Labute approximate surface area is 184 Å². The van der Waals surface area contributed by atoms with E-state index in [0.29, 0.717) is 51.1 Å². The summed E-state index contributed by atoms with van der Waals surface area (Å²) in [6.07, 6.45) is 3.80. The van der Waals surface area contributed by atoms with Gasteiger partial charge in [-0.25, -0.2) is 18.4 Å². The Morgan fingerprint density at radius 1 is 1.06 bits per heavy atom. The molecule has 0 N–H and O–H groups in total. The molecule has 0 radical (unpaired) electrons. The van der Waals surface area contributed by atoms with Crippen molar-refractivity contribution in [1.29, 1.82) is 5.26 Å². The molecule has 4 rings (SSSR count). The lowest BCUT2D eigenvalue weighted by Gasteiger charge is -2.35. The van der Waals surface area contributed by atoms with Crippen LogP contribution >= 0.6 is 0 Å². The van der Waals surface area contributed by atoms with Crippen molar-refractivity contribution >= 4 is 5.91 Å². The number of hydrogen-bond acceptors (Lipinski definition) is 5. The molecule has 0 bridgehead atoms. The first-order valence-electron chi connectivity index (χ1n) is 10.4. The highest BCUT2D eigenvalue weighted by Crippen LogP contribution is 2.17. The molecule has 1 aliphatic heterocycles. The van der Waals surface area contributed by atoms with Crippen molar-refractivity contribution in [3.63, 3.8) is 0 Å². The van der Waals surface area contributed by atoms with Gasteiger partial charge < -0.3 is 4.90 Å². The molecule has 0 aliphatic carbocycles. The van der Waals surface area contributed by atoms with Gasteiger partial charge in [0, 0.05) is 32.7 Å². The molecule has 0 unspecified atom stereocenters. The zero-order chi connectivity index (χ0) is 22.5. The third kappa shape index (κ3) is 4.81. The van der Waals surface area contributed by atoms with Gasteiger partial charge >= 0.3 is 0 Å². The van der Waals surface area contributed by atoms with Crippen molar-refractivity contribution < 1.29 is 13.6 Å². The molecule has 164 valence electrons. The lowest BCUT2D eigenvalue weighted by atomic mass is 10.1. The number of aromatic nitrogens is 3. The second-order valence-corrected chi connectivity index (χ2v) is 7.66. The summed E-state index contributed by atoms with van der Waals surface area (Å²) in [6.45, 7) is 3.16. The van der Waals surface area contributed by atoms with E-state index < -0.39 is 17.2 Å². The summed E-state index contributed by atoms with van der Waals surface area (Å²) in [6, 6.07) is 11.7. The molecular formula is C23H22F2N6O. The molecule has 2 aromatic carbocycles. The van der Waals surface area contributed by atoms with Crippen molar-refractivity contribution in [2.45, 2.75) is 12.8 Å². The van der Waals surface area contributed by atoms with E-state index in [9.17, 15) is 13.6 Å². The summed E-state index contributed by atoms with van der Waals surface area (Å²) in [4.78, 5) is 20.6. The minimum Gasteiger partial charge on any atom is -0.340 e. The average molecular weight is 436 g/mol. The SMILES string of the molecule is N#Cc1c(F)ccc(CCN2CCN(C(=O)Cc3ccc(-n4cncn4)cc3)CC2)c1F. The predicted octanol–water partition coefficient (Wildman–Crippen LogP) is 2.35. The molecule has 3 aromatic rings. The maximum Gasteiger partial charge on any atom is 0.227 e. The van der Waals surface area contributed by atoms with Crippen molar-refractivity contribution in [2.75, 3.05) is 32.7 Å². The van der Waals surface area contributed by atoms with Gasteiger partial charge in [0.2, 0.25) is 5.91 Å². The van der Waals surface area contributed by atoms with Crippen LogP contribution in [0, 0.1) is 23.0 Å². The molecule has 1 fully saturated rings. The monoisotopic (exact) mass is 436 g/mol. The fraction of sp³-hybridized carbons (Fsp3) is 0.304. The van der Waals surface area contributed by atoms with Crippen molar-refractivity contribution in [3.05, 3.63) is 77.4 Å². The minimum atomic E-state index is -0.839. The number of carbonyl (C=O) groups excluding carboxylic acids is 1. The van der Waals surface area contributed by atoms with E-state index in [0.717, 1.165) is 17.3 Å². The molecule has 1 saturated heterocycles.